The van der Waals surface area contributed by atoms with Crippen LogP contribution in [-0.4, -0.2) is 18.0 Å². The van der Waals surface area contributed by atoms with Crippen molar-refractivity contribution in [3.63, 3.8) is 0 Å². The van der Waals surface area contributed by atoms with E-state index in [1.54, 1.807) is 0 Å². The fourth-order valence-electron chi connectivity index (χ4n) is 1.90. The summed E-state index contributed by atoms with van der Waals surface area (Å²) in [5.41, 5.74) is 3.34. The highest BCUT2D eigenvalue weighted by atomic mass is 79.9. The molecule has 1 aliphatic rings. The van der Waals surface area contributed by atoms with Crippen molar-refractivity contribution in [3.8, 4) is 0 Å². The van der Waals surface area contributed by atoms with Crippen LogP contribution < -0.4 is 10.6 Å². The van der Waals surface area contributed by atoms with E-state index in [0.717, 1.165) is 23.0 Å². The van der Waals surface area contributed by atoms with Crippen molar-refractivity contribution in [2.24, 2.45) is 0 Å². The van der Waals surface area contributed by atoms with Crippen molar-refractivity contribution < 1.29 is 4.79 Å². The van der Waals surface area contributed by atoms with E-state index in [4.69, 9.17) is 0 Å². The van der Waals surface area contributed by atoms with Gasteiger partial charge in [-0.15, -0.1) is 0 Å². The largest absolute Gasteiger partial charge is 0.374 e. The summed E-state index contributed by atoms with van der Waals surface area (Å²) < 4.78 is 1.13. The maximum Gasteiger partial charge on any atom is 0.242 e. The predicted molar refractivity (Wildman–Crippen MR) is 77.9 cm³/mol. The fourth-order valence-corrected chi connectivity index (χ4v) is 2.13. The Morgan fingerprint density at radius 1 is 1.33 bits per heavy atom. The van der Waals surface area contributed by atoms with E-state index in [0.29, 0.717) is 6.04 Å². The molecule has 0 bridgehead atoms. The average molecular weight is 311 g/mol. The number of carbonyl (C=O) groups excluding carboxylic acids is 1. The van der Waals surface area contributed by atoms with Gasteiger partial charge in [0.25, 0.3) is 0 Å². The molecular weight excluding hydrogens is 292 g/mol. The molecule has 1 saturated carbocycles. The Morgan fingerprint density at radius 3 is 2.39 bits per heavy atom. The van der Waals surface area contributed by atoms with Crippen molar-refractivity contribution in [1.82, 2.24) is 5.32 Å². The quantitative estimate of drug-likeness (QED) is 0.897. The van der Waals surface area contributed by atoms with Gasteiger partial charge in [-0.1, -0.05) is 15.9 Å². The molecule has 1 fully saturated rings. The Morgan fingerprint density at radius 2 is 1.89 bits per heavy atom. The second-order valence-corrected chi connectivity index (χ2v) is 5.87. The number of hydrogen-bond donors (Lipinski definition) is 2. The molecule has 18 heavy (non-hydrogen) atoms. The van der Waals surface area contributed by atoms with Crippen LogP contribution in [0.5, 0.6) is 0 Å². The minimum absolute atomic E-state index is 0.0794. The Balaban J connectivity index is 2.01. The van der Waals surface area contributed by atoms with Crippen LogP contribution in [0.1, 0.15) is 30.9 Å². The molecule has 3 nitrogen and oxygen atoms in total. The van der Waals surface area contributed by atoms with Crippen LogP contribution in [0.25, 0.3) is 0 Å². The number of amides is 1. The molecule has 1 aliphatic carbocycles. The molecule has 1 atom stereocenters. The van der Waals surface area contributed by atoms with E-state index in [9.17, 15) is 4.79 Å². The van der Waals surface area contributed by atoms with Gasteiger partial charge in [-0.3, -0.25) is 4.79 Å². The van der Waals surface area contributed by atoms with Gasteiger partial charge in [-0.05, 0) is 56.9 Å². The Kier molecular flexibility index (Phi) is 3.95. The predicted octanol–water partition coefficient (Wildman–Crippen LogP) is 3.14. The lowest BCUT2D eigenvalue weighted by Crippen LogP contribution is -2.38. The highest BCUT2D eigenvalue weighted by Gasteiger charge is 2.25. The molecule has 2 rings (SSSR count). The van der Waals surface area contributed by atoms with Crippen LogP contribution in [0, 0.1) is 13.8 Å². The molecule has 2 N–H and O–H groups in total. The molecule has 4 heteroatoms. The molecule has 98 valence electrons. The summed E-state index contributed by atoms with van der Waals surface area (Å²) in [6.07, 6.45) is 2.24. The van der Waals surface area contributed by atoms with Crippen molar-refractivity contribution in [2.45, 2.75) is 45.7 Å². The lowest BCUT2D eigenvalue weighted by molar-refractivity contribution is -0.121. The van der Waals surface area contributed by atoms with E-state index in [1.807, 2.05) is 6.92 Å². The highest BCUT2D eigenvalue weighted by molar-refractivity contribution is 9.10. The topological polar surface area (TPSA) is 41.1 Å². The number of hydrogen-bond acceptors (Lipinski definition) is 2. The molecule has 0 radical (unpaired) electrons. The van der Waals surface area contributed by atoms with Gasteiger partial charge in [-0.25, -0.2) is 0 Å². The highest BCUT2D eigenvalue weighted by Crippen LogP contribution is 2.25. The smallest absolute Gasteiger partial charge is 0.242 e. The van der Waals surface area contributed by atoms with Crippen LogP contribution >= 0.6 is 15.9 Å². The first-order chi connectivity index (χ1) is 8.47. The normalized spacial score (nSPS) is 16.2. The SMILES string of the molecule is Cc1cc(NC(C)C(=O)NC2CC2)cc(C)c1Br. The third-order valence-corrected chi connectivity index (χ3v) is 4.39. The summed E-state index contributed by atoms with van der Waals surface area (Å²) >= 11 is 3.54. The van der Waals surface area contributed by atoms with Gasteiger partial charge in [0, 0.05) is 16.2 Å². The molecular formula is C14H19BrN2O. The molecule has 1 aromatic carbocycles. The van der Waals surface area contributed by atoms with Gasteiger partial charge in [0.1, 0.15) is 6.04 Å². The number of benzene rings is 1. The first-order valence-electron chi connectivity index (χ1n) is 6.31. The van der Waals surface area contributed by atoms with Crippen LogP contribution in [0.2, 0.25) is 0 Å². The number of halogens is 1. The Labute approximate surface area is 116 Å². The fraction of sp³-hybridized carbons (Fsp3) is 0.500. The zero-order valence-electron chi connectivity index (χ0n) is 11.0. The molecule has 1 unspecified atom stereocenters. The van der Waals surface area contributed by atoms with E-state index >= 15 is 0 Å². The van der Waals surface area contributed by atoms with Crippen LogP contribution in [-0.2, 0) is 4.79 Å². The van der Waals surface area contributed by atoms with Crippen LogP contribution in [0.15, 0.2) is 16.6 Å². The second-order valence-electron chi connectivity index (χ2n) is 5.07. The monoisotopic (exact) mass is 310 g/mol. The number of nitrogens with one attached hydrogen (secondary N) is 2. The zero-order chi connectivity index (χ0) is 13.3. The third-order valence-electron chi connectivity index (χ3n) is 3.14. The summed E-state index contributed by atoms with van der Waals surface area (Å²) in [6, 6.07) is 4.32. The third kappa shape index (κ3) is 3.25. The molecule has 1 aromatic rings. The van der Waals surface area contributed by atoms with Gasteiger partial charge in [0.05, 0.1) is 0 Å². The van der Waals surface area contributed by atoms with Crippen molar-refractivity contribution in [3.05, 3.63) is 27.7 Å². The first-order valence-corrected chi connectivity index (χ1v) is 7.10. The zero-order valence-corrected chi connectivity index (χ0v) is 12.6. The maximum atomic E-state index is 11.9. The lowest BCUT2D eigenvalue weighted by Gasteiger charge is -2.16. The Bertz CT molecular complexity index is 446. The molecule has 0 spiro atoms. The van der Waals surface area contributed by atoms with Crippen molar-refractivity contribution in [2.75, 3.05) is 5.32 Å². The van der Waals surface area contributed by atoms with E-state index in [1.165, 1.54) is 11.1 Å². The summed E-state index contributed by atoms with van der Waals surface area (Å²) in [7, 11) is 0. The van der Waals surface area contributed by atoms with Crippen molar-refractivity contribution in [1.29, 1.82) is 0 Å². The first kappa shape index (κ1) is 13.4. The molecule has 0 aliphatic heterocycles. The number of carbonyl (C=O) groups is 1. The maximum absolute atomic E-state index is 11.9. The second kappa shape index (κ2) is 5.31. The van der Waals surface area contributed by atoms with E-state index in [-0.39, 0.29) is 11.9 Å². The summed E-state index contributed by atoms with van der Waals surface area (Å²) in [4.78, 5) is 11.9. The summed E-state index contributed by atoms with van der Waals surface area (Å²) in [6.45, 7) is 6.00. The number of aryl methyl sites for hydroxylation is 2. The van der Waals surface area contributed by atoms with Gasteiger partial charge in [-0.2, -0.15) is 0 Å². The lowest BCUT2D eigenvalue weighted by atomic mass is 10.1. The minimum atomic E-state index is -0.203. The van der Waals surface area contributed by atoms with Gasteiger partial charge in [0.2, 0.25) is 5.91 Å². The Hall–Kier alpha value is -1.03. The van der Waals surface area contributed by atoms with E-state index < -0.39 is 0 Å². The molecule has 0 aromatic heterocycles. The molecule has 0 heterocycles. The summed E-state index contributed by atoms with van der Waals surface area (Å²) in [5, 5.41) is 6.25. The van der Waals surface area contributed by atoms with Gasteiger partial charge in [0.15, 0.2) is 0 Å². The number of anilines is 1. The summed E-state index contributed by atoms with van der Waals surface area (Å²) in [5.74, 6) is 0.0794. The average Bonchev–Trinajstić information content (AvgIpc) is 3.09. The van der Waals surface area contributed by atoms with Crippen LogP contribution in [0.4, 0.5) is 5.69 Å². The van der Waals surface area contributed by atoms with Crippen LogP contribution in [0.3, 0.4) is 0 Å². The molecule has 0 saturated heterocycles. The molecule has 1 amide bonds. The minimum Gasteiger partial charge on any atom is -0.374 e. The van der Waals surface area contributed by atoms with Crippen molar-refractivity contribution >= 4 is 27.5 Å². The van der Waals surface area contributed by atoms with Gasteiger partial charge < -0.3 is 10.6 Å². The number of rotatable bonds is 4. The van der Waals surface area contributed by atoms with Gasteiger partial charge >= 0.3 is 0 Å². The standard InChI is InChI=1S/C14H19BrN2O/c1-8-6-12(7-9(2)13(8)15)16-10(3)14(18)17-11-4-5-11/h6-7,10-11,16H,4-5H2,1-3H3,(H,17,18). The van der Waals surface area contributed by atoms with E-state index in [2.05, 4.69) is 52.5 Å².